The minimum Gasteiger partial charge on any atom is -0.392 e. The van der Waals surface area contributed by atoms with Gasteiger partial charge in [-0.15, -0.1) is 0 Å². The van der Waals surface area contributed by atoms with Gasteiger partial charge in [0, 0.05) is 6.54 Å². The maximum absolute atomic E-state index is 9.14. The summed E-state index contributed by atoms with van der Waals surface area (Å²) in [4.78, 5) is 2.17. The summed E-state index contributed by atoms with van der Waals surface area (Å²) in [7, 11) is 0. The van der Waals surface area contributed by atoms with Crippen LogP contribution in [-0.2, 0) is 0 Å². The summed E-state index contributed by atoms with van der Waals surface area (Å²) in [6.07, 6.45) is 1.99. The predicted molar refractivity (Wildman–Crippen MR) is 37.0 cm³/mol. The van der Waals surface area contributed by atoms with E-state index < -0.39 is 0 Å². The van der Waals surface area contributed by atoms with Crippen LogP contribution in [0.5, 0.6) is 0 Å². The van der Waals surface area contributed by atoms with E-state index in [0.29, 0.717) is 0 Å². The molecule has 9 heavy (non-hydrogen) atoms. The number of piperidine rings is 1. The van der Waals surface area contributed by atoms with E-state index in [2.05, 4.69) is 11.8 Å². The Morgan fingerprint density at radius 2 is 2.44 bits per heavy atom. The maximum Gasteiger partial charge on any atom is 0.0667 e. The Bertz CT molecular complexity index is 85.0. The Hall–Kier alpha value is -0.0800. The number of aliphatic hydroxyl groups excluding tert-OH is 1. The van der Waals surface area contributed by atoms with Crippen molar-refractivity contribution in [2.24, 2.45) is 0 Å². The van der Waals surface area contributed by atoms with Gasteiger partial charge in [-0.25, -0.2) is 0 Å². The van der Waals surface area contributed by atoms with Crippen LogP contribution in [-0.4, -0.2) is 35.7 Å². The third-order valence-electron chi connectivity index (χ3n) is 1.80. The Labute approximate surface area is 56.5 Å². The molecule has 0 aromatic heterocycles. The third-order valence-corrected chi connectivity index (χ3v) is 1.80. The molecule has 1 radical (unpaired) electrons. The van der Waals surface area contributed by atoms with Crippen LogP contribution in [0.3, 0.4) is 0 Å². The average Bonchev–Trinajstić information content (AvgIpc) is 1.88. The van der Waals surface area contributed by atoms with Crippen LogP contribution in [0.15, 0.2) is 0 Å². The van der Waals surface area contributed by atoms with Gasteiger partial charge in [-0.2, -0.15) is 0 Å². The molecule has 1 fully saturated rings. The van der Waals surface area contributed by atoms with Gasteiger partial charge in [0.05, 0.1) is 6.10 Å². The van der Waals surface area contributed by atoms with E-state index in [0.717, 1.165) is 32.5 Å². The Balaban J connectivity index is 2.23. The van der Waals surface area contributed by atoms with E-state index in [1.807, 2.05) is 0 Å². The first-order valence-corrected chi connectivity index (χ1v) is 3.52. The van der Waals surface area contributed by atoms with E-state index in [1.165, 1.54) is 0 Å². The van der Waals surface area contributed by atoms with Crippen molar-refractivity contribution in [2.45, 2.75) is 18.9 Å². The molecule has 1 aliphatic rings. The summed E-state index contributed by atoms with van der Waals surface area (Å²) < 4.78 is 0. The fourth-order valence-electron chi connectivity index (χ4n) is 1.23. The molecule has 0 aliphatic carbocycles. The fraction of sp³-hybridized carbons (Fsp3) is 0.857. The van der Waals surface area contributed by atoms with Crippen LogP contribution < -0.4 is 0 Å². The number of β-amino-alcohol motifs (C(OH)–C–C–N with tert-alkyl or cyclic N) is 1. The van der Waals surface area contributed by atoms with Crippen LogP contribution in [0.25, 0.3) is 0 Å². The first-order chi connectivity index (χ1) is 4.33. The van der Waals surface area contributed by atoms with Crippen molar-refractivity contribution in [1.29, 1.82) is 0 Å². The van der Waals surface area contributed by atoms with Crippen molar-refractivity contribution in [1.82, 2.24) is 4.90 Å². The van der Waals surface area contributed by atoms with E-state index in [1.54, 1.807) is 0 Å². The lowest BCUT2D eigenvalue weighted by Gasteiger charge is -2.28. The Morgan fingerprint density at radius 1 is 1.67 bits per heavy atom. The highest BCUT2D eigenvalue weighted by molar-refractivity contribution is 4.71. The van der Waals surface area contributed by atoms with Crippen LogP contribution in [0.4, 0.5) is 0 Å². The maximum atomic E-state index is 9.14. The minimum absolute atomic E-state index is 0.0968. The lowest BCUT2D eigenvalue weighted by atomic mass is 10.1. The van der Waals surface area contributed by atoms with Gasteiger partial charge >= 0.3 is 0 Å². The molecule has 0 bridgehead atoms. The van der Waals surface area contributed by atoms with Crippen LogP contribution in [0, 0.1) is 6.92 Å². The van der Waals surface area contributed by atoms with Gasteiger partial charge in [0.25, 0.3) is 0 Å². The summed E-state index contributed by atoms with van der Waals surface area (Å²) in [5.74, 6) is 0. The van der Waals surface area contributed by atoms with Gasteiger partial charge in [-0.05, 0) is 32.9 Å². The molecule has 1 atom stereocenters. The summed E-state index contributed by atoms with van der Waals surface area (Å²) in [5.41, 5.74) is 0. The first-order valence-electron chi connectivity index (χ1n) is 3.52. The highest BCUT2D eigenvalue weighted by Crippen LogP contribution is 2.08. The third kappa shape index (κ3) is 1.95. The Morgan fingerprint density at radius 3 is 2.89 bits per heavy atom. The molecule has 1 N–H and O–H groups in total. The average molecular weight is 128 g/mol. The minimum atomic E-state index is -0.0968. The standard InChI is InChI=1S/C7H14NO/c1-2-8-5-3-4-7(9)6-8/h7,9H,1-6H2. The van der Waals surface area contributed by atoms with E-state index >= 15 is 0 Å². The van der Waals surface area contributed by atoms with Crippen LogP contribution in [0.1, 0.15) is 12.8 Å². The molecule has 1 heterocycles. The van der Waals surface area contributed by atoms with Gasteiger partial charge < -0.3 is 10.0 Å². The highest BCUT2D eigenvalue weighted by Gasteiger charge is 2.14. The lowest BCUT2D eigenvalue weighted by Crippen LogP contribution is -2.37. The van der Waals surface area contributed by atoms with Gasteiger partial charge in [0.15, 0.2) is 0 Å². The van der Waals surface area contributed by atoms with Crippen molar-refractivity contribution in [3.8, 4) is 0 Å². The second-order valence-electron chi connectivity index (χ2n) is 2.60. The van der Waals surface area contributed by atoms with Crippen LogP contribution >= 0.6 is 0 Å². The molecule has 0 aromatic rings. The summed E-state index contributed by atoms with van der Waals surface area (Å²) in [6.45, 7) is 6.52. The molecule has 1 saturated heterocycles. The Kier molecular flexibility index (Phi) is 2.49. The molecule has 0 saturated carbocycles. The SMILES string of the molecule is [CH2]CN1CCCC(O)C1. The number of likely N-dealkylation sites (tertiary alicyclic amines) is 1. The molecular weight excluding hydrogens is 114 g/mol. The first kappa shape index (κ1) is 7.03. The number of hydrogen-bond acceptors (Lipinski definition) is 2. The van der Waals surface area contributed by atoms with Gasteiger partial charge in [-0.3, -0.25) is 0 Å². The number of rotatable bonds is 1. The molecule has 1 unspecified atom stereocenters. The van der Waals surface area contributed by atoms with Gasteiger partial charge in [0.1, 0.15) is 0 Å². The zero-order chi connectivity index (χ0) is 6.69. The van der Waals surface area contributed by atoms with E-state index in [9.17, 15) is 0 Å². The molecule has 0 spiro atoms. The van der Waals surface area contributed by atoms with Crippen molar-refractivity contribution < 1.29 is 5.11 Å². The van der Waals surface area contributed by atoms with Gasteiger partial charge in [-0.1, -0.05) is 0 Å². The summed E-state index contributed by atoms with van der Waals surface area (Å²) in [5, 5.41) is 9.14. The molecule has 1 rings (SSSR count). The molecule has 1 aliphatic heterocycles. The van der Waals surface area contributed by atoms with Crippen molar-refractivity contribution in [3.05, 3.63) is 6.92 Å². The molecular formula is C7H14NO. The van der Waals surface area contributed by atoms with E-state index in [4.69, 9.17) is 5.11 Å². The second kappa shape index (κ2) is 3.18. The fourth-order valence-corrected chi connectivity index (χ4v) is 1.23. The molecule has 0 amide bonds. The van der Waals surface area contributed by atoms with Crippen molar-refractivity contribution >= 4 is 0 Å². The van der Waals surface area contributed by atoms with E-state index in [-0.39, 0.29) is 6.10 Å². The summed E-state index contributed by atoms with van der Waals surface area (Å²) >= 11 is 0. The molecule has 2 nitrogen and oxygen atoms in total. The van der Waals surface area contributed by atoms with Crippen molar-refractivity contribution in [3.63, 3.8) is 0 Å². The summed E-state index contributed by atoms with van der Waals surface area (Å²) in [6, 6.07) is 0. The second-order valence-corrected chi connectivity index (χ2v) is 2.60. The van der Waals surface area contributed by atoms with Crippen molar-refractivity contribution in [2.75, 3.05) is 19.6 Å². The zero-order valence-corrected chi connectivity index (χ0v) is 5.71. The topological polar surface area (TPSA) is 23.5 Å². The number of hydrogen-bond donors (Lipinski definition) is 1. The zero-order valence-electron chi connectivity index (χ0n) is 5.71. The molecule has 0 aromatic carbocycles. The molecule has 53 valence electrons. The smallest absolute Gasteiger partial charge is 0.0667 e. The van der Waals surface area contributed by atoms with Crippen LogP contribution in [0.2, 0.25) is 0 Å². The highest BCUT2D eigenvalue weighted by atomic mass is 16.3. The number of aliphatic hydroxyl groups is 1. The normalized spacial score (nSPS) is 30.7. The number of nitrogens with zero attached hydrogens (tertiary/aromatic N) is 1. The lowest BCUT2D eigenvalue weighted by molar-refractivity contribution is 0.0767. The quantitative estimate of drug-likeness (QED) is 0.548. The van der Waals surface area contributed by atoms with Gasteiger partial charge in [0.2, 0.25) is 0 Å². The monoisotopic (exact) mass is 128 g/mol. The largest absolute Gasteiger partial charge is 0.392 e. The predicted octanol–water partition coefficient (Wildman–Crippen LogP) is 0.277. The molecule has 2 heteroatoms.